The minimum atomic E-state index is -0.441. The third kappa shape index (κ3) is 5.04. The van der Waals surface area contributed by atoms with E-state index in [9.17, 15) is 14.4 Å². The molecular weight excluding hydrogens is 370 g/mol. The van der Waals surface area contributed by atoms with Gasteiger partial charge in [-0.1, -0.05) is 12.1 Å². The van der Waals surface area contributed by atoms with E-state index in [0.717, 1.165) is 0 Å². The molecule has 2 aromatic carbocycles. The third-order valence-electron chi connectivity index (χ3n) is 4.13. The molecule has 3 rings (SSSR count). The number of Topliss-reactive ketones (excluding diaryl/α,β-unsaturated/α-hetero) is 1. The molecule has 0 unspecified atom stereocenters. The zero-order chi connectivity index (χ0) is 20.8. The Morgan fingerprint density at radius 2 is 1.55 bits per heavy atom. The Morgan fingerprint density at radius 3 is 2.24 bits per heavy atom. The number of carbonyl (C=O) groups excluding carboxylic acids is 3. The van der Waals surface area contributed by atoms with Gasteiger partial charge >= 0.3 is 0 Å². The number of hydrogen-bond acceptors (Lipinski definition) is 5. The van der Waals surface area contributed by atoms with Gasteiger partial charge in [0.25, 0.3) is 11.8 Å². The molecule has 146 valence electrons. The quantitative estimate of drug-likeness (QED) is 0.625. The zero-order valence-corrected chi connectivity index (χ0v) is 15.9. The molecule has 29 heavy (non-hydrogen) atoms. The lowest BCUT2D eigenvalue weighted by atomic mass is 10.1. The van der Waals surface area contributed by atoms with E-state index in [-0.39, 0.29) is 17.0 Å². The van der Waals surface area contributed by atoms with Crippen molar-refractivity contribution in [1.29, 1.82) is 0 Å². The lowest BCUT2D eigenvalue weighted by Crippen LogP contribution is -2.17. The predicted octanol–water partition coefficient (Wildman–Crippen LogP) is 3.80. The van der Waals surface area contributed by atoms with Crippen molar-refractivity contribution in [3.63, 3.8) is 0 Å². The molecule has 3 aromatic rings. The van der Waals surface area contributed by atoms with Crippen LogP contribution in [0.25, 0.3) is 0 Å². The number of rotatable bonds is 6. The van der Waals surface area contributed by atoms with Gasteiger partial charge in [0.15, 0.2) is 5.78 Å². The molecule has 0 radical (unpaired) electrons. The maximum atomic E-state index is 12.5. The van der Waals surface area contributed by atoms with Crippen molar-refractivity contribution in [2.45, 2.75) is 6.92 Å². The van der Waals surface area contributed by atoms with Crippen LogP contribution in [0.1, 0.15) is 38.1 Å². The zero-order valence-electron chi connectivity index (χ0n) is 15.9. The number of methoxy groups -OCH3 is 1. The SMILES string of the molecule is COc1ccc(NC(=O)c2cc(C(=O)Nc3cccc(C(C)=O)c3)ccn2)cc1. The Labute approximate surface area is 167 Å². The van der Waals surface area contributed by atoms with E-state index in [1.165, 1.54) is 25.3 Å². The van der Waals surface area contributed by atoms with Crippen molar-refractivity contribution in [3.05, 3.63) is 83.7 Å². The Balaban J connectivity index is 1.72. The molecule has 2 amide bonds. The van der Waals surface area contributed by atoms with Crippen LogP contribution in [-0.4, -0.2) is 29.7 Å². The first-order valence-corrected chi connectivity index (χ1v) is 8.80. The first-order chi connectivity index (χ1) is 14.0. The van der Waals surface area contributed by atoms with Crippen LogP contribution in [0.3, 0.4) is 0 Å². The molecule has 7 heteroatoms. The van der Waals surface area contributed by atoms with Gasteiger partial charge in [0, 0.05) is 28.7 Å². The van der Waals surface area contributed by atoms with Crippen molar-refractivity contribution < 1.29 is 19.1 Å². The normalized spacial score (nSPS) is 10.1. The summed E-state index contributed by atoms with van der Waals surface area (Å²) in [6.07, 6.45) is 1.39. The van der Waals surface area contributed by atoms with Crippen LogP contribution in [0, 0.1) is 0 Å². The summed E-state index contributed by atoms with van der Waals surface area (Å²) in [6.45, 7) is 1.46. The summed E-state index contributed by atoms with van der Waals surface area (Å²) >= 11 is 0. The highest BCUT2D eigenvalue weighted by molar-refractivity contribution is 6.08. The highest BCUT2D eigenvalue weighted by atomic mass is 16.5. The average molecular weight is 389 g/mol. The Morgan fingerprint density at radius 1 is 0.828 bits per heavy atom. The van der Waals surface area contributed by atoms with Gasteiger partial charge in [-0.15, -0.1) is 0 Å². The number of benzene rings is 2. The van der Waals surface area contributed by atoms with Gasteiger partial charge in [-0.2, -0.15) is 0 Å². The minimum absolute atomic E-state index is 0.0949. The third-order valence-corrected chi connectivity index (χ3v) is 4.13. The van der Waals surface area contributed by atoms with E-state index in [0.29, 0.717) is 22.7 Å². The molecular formula is C22H19N3O4. The van der Waals surface area contributed by atoms with Crippen molar-refractivity contribution in [2.24, 2.45) is 0 Å². The molecule has 0 atom stereocenters. The molecule has 0 saturated carbocycles. The molecule has 0 aliphatic heterocycles. The number of ether oxygens (including phenoxy) is 1. The number of amides is 2. The van der Waals surface area contributed by atoms with Gasteiger partial charge in [-0.05, 0) is 55.5 Å². The Hall–Kier alpha value is -4.00. The number of nitrogens with zero attached hydrogens (tertiary/aromatic N) is 1. The molecule has 1 aromatic heterocycles. The number of nitrogens with one attached hydrogen (secondary N) is 2. The molecule has 0 bridgehead atoms. The molecule has 0 spiro atoms. The van der Waals surface area contributed by atoms with Crippen molar-refractivity contribution >= 4 is 29.0 Å². The van der Waals surface area contributed by atoms with Crippen molar-refractivity contribution in [1.82, 2.24) is 4.98 Å². The second kappa shape index (κ2) is 8.79. The second-order valence-electron chi connectivity index (χ2n) is 6.20. The molecule has 0 fully saturated rings. The van der Waals surface area contributed by atoms with Crippen LogP contribution < -0.4 is 15.4 Å². The molecule has 2 N–H and O–H groups in total. The van der Waals surface area contributed by atoms with Crippen LogP contribution in [0.15, 0.2) is 66.9 Å². The molecule has 1 heterocycles. The van der Waals surface area contributed by atoms with Crippen molar-refractivity contribution in [3.8, 4) is 5.75 Å². The summed E-state index contributed by atoms with van der Waals surface area (Å²) in [4.78, 5) is 40.5. The van der Waals surface area contributed by atoms with Gasteiger partial charge in [0.1, 0.15) is 11.4 Å². The molecule has 0 aliphatic rings. The lowest BCUT2D eigenvalue weighted by molar-refractivity contribution is 0.100. The largest absolute Gasteiger partial charge is 0.497 e. The number of ketones is 1. The summed E-state index contributed by atoms with van der Waals surface area (Å²) in [7, 11) is 1.56. The number of hydrogen-bond donors (Lipinski definition) is 2. The topological polar surface area (TPSA) is 97.4 Å². The fourth-order valence-corrected chi connectivity index (χ4v) is 2.58. The van der Waals surface area contributed by atoms with Crippen molar-refractivity contribution in [2.75, 3.05) is 17.7 Å². The highest BCUT2D eigenvalue weighted by Crippen LogP contribution is 2.16. The maximum absolute atomic E-state index is 12.5. The van der Waals surface area contributed by atoms with E-state index in [1.54, 1.807) is 55.6 Å². The summed E-state index contributed by atoms with van der Waals surface area (Å²) in [5.74, 6) is -0.272. The monoisotopic (exact) mass is 389 g/mol. The molecule has 7 nitrogen and oxygen atoms in total. The van der Waals surface area contributed by atoms with Gasteiger partial charge in [0.2, 0.25) is 0 Å². The predicted molar refractivity (Wildman–Crippen MR) is 110 cm³/mol. The maximum Gasteiger partial charge on any atom is 0.274 e. The number of aromatic nitrogens is 1. The van der Waals surface area contributed by atoms with E-state index in [4.69, 9.17) is 4.74 Å². The highest BCUT2D eigenvalue weighted by Gasteiger charge is 2.13. The summed E-state index contributed by atoms with van der Waals surface area (Å²) < 4.78 is 5.08. The summed E-state index contributed by atoms with van der Waals surface area (Å²) in [5.41, 5.74) is 1.94. The number of carbonyl (C=O) groups is 3. The van der Waals surface area contributed by atoms with E-state index < -0.39 is 11.8 Å². The van der Waals surface area contributed by atoms with Gasteiger partial charge < -0.3 is 15.4 Å². The van der Waals surface area contributed by atoms with Gasteiger partial charge in [-0.25, -0.2) is 0 Å². The lowest BCUT2D eigenvalue weighted by Gasteiger charge is -2.08. The smallest absolute Gasteiger partial charge is 0.274 e. The standard InChI is InChI=1S/C22H19N3O4/c1-14(26)15-4-3-5-18(12-15)25-21(27)16-10-11-23-20(13-16)22(28)24-17-6-8-19(29-2)9-7-17/h3-13H,1-2H3,(H,24,28)(H,25,27). The number of anilines is 2. The number of pyridine rings is 1. The first kappa shape index (κ1) is 19.8. The fourth-order valence-electron chi connectivity index (χ4n) is 2.58. The Kier molecular flexibility index (Phi) is 5.99. The fraction of sp³-hybridized carbons (Fsp3) is 0.0909. The average Bonchev–Trinajstić information content (AvgIpc) is 2.74. The van der Waals surface area contributed by atoms with Crippen LogP contribution >= 0.6 is 0 Å². The second-order valence-corrected chi connectivity index (χ2v) is 6.20. The minimum Gasteiger partial charge on any atom is -0.497 e. The van der Waals surface area contributed by atoms with Gasteiger partial charge in [0.05, 0.1) is 7.11 Å². The van der Waals surface area contributed by atoms with Crippen LogP contribution in [0.4, 0.5) is 11.4 Å². The molecule has 0 aliphatic carbocycles. The van der Waals surface area contributed by atoms with E-state index in [1.807, 2.05) is 0 Å². The Bertz CT molecular complexity index is 1060. The summed E-state index contributed by atoms with van der Waals surface area (Å²) in [6, 6.07) is 16.4. The first-order valence-electron chi connectivity index (χ1n) is 8.80. The van der Waals surface area contributed by atoms with Gasteiger partial charge in [-0.3, -0.25) is 19.4 Å². The molecule has 0 saturated heterocycles. The van der Waals surface area contributed by atoms with Crippen LogP contribution in [-0.2, 0) is 0 Å². The summed E-state index contributed by atoms with van der Waals surface area (Å²) in [5, 5.41) is 5.44. The van der Waals surface area contributed by atoms with E-state index >= 15 is 0 Å². The van der Waals surface area contributed by atoms with Crippen LogP contribution in [0.2, 0.25) is 0 Å². The van der Waals surface area contributed by atoms with E-state index in [2.05, 4.69) is 15.6 Å². The van der Waals surface area contributed by atoms with Crippen LogP contribution in [0.5, 0.6) is 5.75 Å².